The fraction of sp³-hybridized carbons (Fsp3) is 0.286. The van der Waals surface area contributed by atoms with Gasteiger partial charge < -0.3 is 10.1 Å². The normalized spacial score (nSPS) is 10.3. The van der Waals surface area contributed by atoms with Gasteiger partial charge >= 0.3 is 0 Å². The van der Waals surface area contributed by atoms with Crippen LogP contribution in [0, 0.1) is 0 Å². The summed E-state index contributed by atoms with van der Waals surface area (Å²) in [4.78, 5) is 8.37. The van der Waals surface area contributed by atoms with Gasteiger partial charge in [-0.05, 0) is 24.7 Å². The summed E-state index contributed by atoms with van der Waals surface area (Å²) < 4.78 is 5.63. The van der Waals surface area contributed by atoms with Crippen LogP contribution in [-0.2, 0) is 13.2 Å². The molecule has 0 saturated heterocycles. The van der Waals surface area contributed by atoms with Gasteiger partial charge in [-0.25, -0.2) is 0 Å². The summed E-state index contributed by atoms with van der Waals surface area (Å²) >= 11 is 0. The molecule has 0 saturated carbocycles. The third-order valence-corrected chi connectivity index (χ3v) is 2.48. The number of ether oxygens (including phenoxy) is 1. The molecule has 0 aliphatic heterocycles. The van der Waals surface area contributed by atoms with Crippen molar-refractivity contribution in [3.63, 3.8) is 0 Å². The first-order valence-electron chi connectivity index (χ1n) is 6.06. The summed E-state index contributed by atoms with van der Waals surface area (Å²) in [6.45, 7) is 4.33. The first kappa shape index (κ1) is 12.5. The van der Waals surface area contributed by atoms with E-state index in [1.165, 1.54) is 0 Å². The van der Waals surface area contributed by atoms with Crippen LogP contribution in [0.4, 0.5) is 0 Å². The van der Waals surface area contributed by atoms with E-state index < -0.39 is 0 Å². The van der Waals surface area contributed by atoms with Gasteiger partial charge in [-0.1, -0.05) is 13.0 Å². The Morgan fingerprint density at radius 3 is 2.83 bits per heavy atom. The minimum Gasteiger partial charge on any atom is -0.487 e. The molecule has 1 N–H and O–H groups in total. The fourth-order valence-corrected chi connectivity index (χ4v) is 1.50. The Balaban J connectivity index is 1.86. The molecular weight excluding hydrogens is 226 g/mol. The van der Waals surface area contributed by atoms with Gasteiger partial charge in [-0.15, -0.1) is 0 Å². The summed E-state index contributed by atoms with van der Waals surface area (Å²) in [5, 5.41) is 3.23. The maximum atomic E-state index is 5.63. The monoisotopic (exact) mass is 243 g/mol. The lowest BCUT2D eigenvalue weighted by molar-refractivity contribution is 0.304. The molecule has 0 aliphatic rings. The standard InChI is InChI=1S/C14H17N3O/c1-2-15-9-13-5-6-14(10-17-13)18-11-12-4-3-7-16-8-12/h3-8,10,15H,2,9,11H2,1H3. The largest absolute Gasteiger partial charge is 0.487 e. The fourth-order valence-electron chi connectivity index (χ4n) is 1.50. The molecular formula is C14H17N3O. The quantitative estimate of drug-likeness (QED) is 0.844. The second-order valence-electron chi connectivity index (χ2n) is 3.92. The lowest BCUT2D eigenvalue weighted by atomic mass is 10.3. The Morgan fingerprint density at radius 2 is 2.17 bits per heavy atom. The predicted octanol–water partition coefficient (Wildman–Crippen LogP) is 2.17. The highest BCUT2D eigenvalue weighted by molar-refractivity contribution is 5.20. The third-order valence-electron chi connectivity index (χ3n) is 2.48. The maximum Gasteiger partial charge on any atom is 0.138 e. The van der Waals surface area contributed by atoms with E-state index in [0.717, 1.165) is 30.1 Å². The van der Waals surface area contributed by atoms with Crippen molar-refractivity contribution >= 4 is 0 Å². The molecule has 0 aromatic carbocycles. The molecule has 2 aromatic rings. The predicted molar refractivity (Wildman–Crippen MR) is 70.2 cm³/mol. The van der Waals surface area contributed by atoms with E-state index in [4.69, 9.17) is 4.74 Å². The highest BCUT2D eigenvalue weighted by Gasteiger charge is 1.98. The van der Waals surface area contributed by atoms with E-state index in [9.17, 15) is 0 Å². The Bertz CT molecular complexity index is 456. The van der Waals surface area contributed by atoms with Crippen molar-refractivity contribution in [1.29, 1.82) is 0 Å². The van der Waals surface area contributed by atoms with Gasteiger partial charge in [-0.3, -0.25) is 9.97 Å². The van der Waals surface area contributed by atoms with Crippen molar-refractivity contribution < 1.29 is 4.74 Å². The van der Waals surface area contributed by atoms with E-state index in [0.29, 0.717) is 6.61 Å². The van der Waals surface area contributed by atoms with E-state index in [-0.39, 0.29) is 0 Å². The van der Waals surface area contributed by atoms with Crippen molar-refractivity contribution in [3.8, 4) is 5.75 Å². The Hall–Kier alpha value is -1.94. The minimum absolute atomic E-state index is 0.516. The van der Waals surface area contributed by atoms with Crippen molar-refractivity contribution in [3.05, 3.63) is 54.1 Å². The lowest BCUT2D eigenvalue weighted by Crippen LogP contribution is -2.12. The lowest BCUT2D eigenvalue weighted by Gasteiger charge is -2.06. The molecule has 0 aliphatic carbocycles. The third kappa shape index (κ3) is 3.82. The van der Waals surface area contributed by atoms with Crippen molar-refractivity contribution in [1.82, 2.24) is 15.3 Å². The number of pyridine rings is 2. The van der Waals surface area contributed by atoms with Crippen LogP contribution in [0.25, 0.3) is 0 Å². The first-order chi connectivity index (χ1) is 8.88. The van der Waals surface area contributed by atoms with Gasteiger partial charge in [-0.2, -0.15) is 0 Å². The van der Waals surface area contributed by atoms with Gasteiger partial charge in [0.1, 0.15) is 12.4 Å². The van der Waals surface area contributed by atoms with Gasteiger partial charge in [0.2, 0.25) is 0 Å². The van der Waals surface area contributed by atoms with Crippen LogP contribution in [0.2, 0.25) is 0 Å². The van der Waals surface area contributed by atoms with E-state index in [1.807, 2.05) is 24.3 Å². The molecule has 0 amide bonds. The van der Waals surface area contributed by atoms with Gasteiger partial charge in [0, 0.05) is 24.5 Å². The summed E-state index contributed by atoms with van der Waals surface area (Å²) in [5.74, 6) is 0.777. The topological polar surface area (TPSA) is 47.0 Å². The zero-order chi connectivity index (χ0) is 12.6. The van der Waals surface area contributed by atoms with Gasteiger partial charge in [0.25, 0.3) is 0 Å². The average Bonchev–Trinajstić information content (AvgIpc) is 2.45. The number of hydrogen-bond acceptors (Lipinski definition) is 4. The van der Waals surface area contributed by atoms with Crippen molar-refractivity contribution in [2.24, 2.45) is 0 Å². The molecule has 0 fully saturated rings. The molecule has 94 valence electrons. The van der Waals surface area contributed by atoms with Crippen LogP contribution in [0.1, 0.15) is 18.2 Å². The molecule has 2 heterocycles. The number of aromatic nitrogens is 2. The molecule has 0 radical (unpaired) electrons. The molecule has 0 bridgehead atoms. The summed E-state index contributed by atoms with van der Waals surface area (Å²) in [6.07, 6.45) is 5.30. The molecule has 0 unspecified atom stereocenters. The number of rotatable bonds is 6. The average molecular weight is 243 g/mol. The van der Waals surface area contributed by atoms with Crippen LogP contribution in [0.5, 0.6) is 5.75 Å². The van der Waals surface area contributed by atoms with E-state index in [1.54, 1.807) is 18.6 Å². The molecule has 0 spiro atoms. The molecule has 4 nitrogen and oxygen atoms in total. The molecule has 2 rings (SSSR count). The Morgan fingerprint density at radius 1 is 1.22 bits per heavy atom. The maximum absolute atomic E-state index is 5.63. The summed E-state index contributed by atoms with van der Waals surface area (Å²) in [5.41, 5.74) is 2.07. The van der Waals surface area contributed by atoms with Crippen LogP contribution >= 0.6 is 0 Å². The number of nitrogens with one attached hydrogen (secondary N) is 1. The summed E-state index contributed by atoms with van der Waals surface area (Å²) in [6, 6.07) is 7.80. The molecule has 0 atom stereocenters. The van der Waals surface area contributed by atoms with Gasteiger partial charge in [0.15, 0.2) is 0 Å². The Kier molecular flexibility index (Phi) is 4.67. The second kappa shape index (κ2) is 6.71. The van der Waals surface area contributed by atoms with Crippen LogP contribution in [0.15, 0.2) is 42.9 Å². The smallest absolute Gasteiger partial charge is 0.138 e. The SMILES string of the molecule is CCNCc1ccc(OCc2cccnc2)cn1. The molecule has 18 heavy (non-hydrogen) atoms. The zero-order valence-electron chi connectivity index (χ0n) is 10.5. The zero-order valence-corrected chi connectivity index (χ0v) is 10.5. The van der Waals surface area contributed by atoms with Crippen LogP contribution in [0.3, 0.4) is 0 Å². The summed E-state index contributed by atoms with van der Waals surface area (Å²) in [7, 11) is 0. The van der Waals surface area contributed by atoms with Crippen molar-refractivity contribution in [2.45, 2.75) is 20.1 Å². The van der Waals surface area contributed by atoms with Crippen LogP contribution in [-0.4, -0.2) is 16.5 Å². The van der Waals surface area contributed by atoms with Crippen molar-refractivity contribution in [2.75, 3.05) is 6.54 Å². The van der Waals surface area contributed by atoms with Gasteiger partial charge in [0.05, 0.1) is 11.9 Å². The van der Waals surface area contributed by atoms with E-state index in [2.05, 4.69) is 22.2 Å². The molecule has 2 aromatic heterocycles. The highest BCUT2D eigenvalue weighted by Crippen LogP contribution is 2.11. The second-order valence-corrected chi connectivity index (χ2v) is 3.92. The highest BCUT2D eigenvalue weighted by atomic mass is 16.5. The first-order valence-corrected chi connectivity index (χ1v) is 6.06. The molecule has 4 heteroatoms. The number of hydrogen-bond donors (Lipinski definition) is 1. The number of nitrogens with zero attached hydrogens (tertiary/aromatic N) is 2. The minimum atomic E-state index is 0.516. The van der Waals surface area contributed by atoms with E-state index >= 15 is 0 Å². The van der Waals surface area contributed by atoms with Crippen LogP contribution < -0.4 is 10.1 Å². The Labute approximate surface area is 107 Å².